The summed E-state index contributed by atoms with van der Waals surface area (Å²) in [6.45, 7) is 7.89. The van der Waals surface area contributed by atoms with Gasteiger partial charge in [0, 0.05) is 36.3 Å². The molecule has 0 aliphatic heterocycles. The minimum atomic E-state index is 0. The van der Waals surface area contributed by atoms with Crippen molar-refractivity contribution in [2.24, 2.45) is 4.99 Å². The van der Waals surface area contributed by atoms with E-state index in [0.717, 1.165) is 40.3 Å². The maximum atomic E-state index is 4.76. The van der Waals surface area contributed by atoms with E-state index in [0.29, 0.717) is 12.5 Å². The van der Waals surface area contributed by atoms with Gasteiger partial charge in [-0.3, -0.25) is 4.99 Å². The van der Waals surface area contributed by atoms with Gasteiger partial charge in [-0.1, -0.05) is 43.7 Å². The SMILES string of the molecule is CN=C(NCCc1csc(-c2ccc(C)cc2)n1)NCc1nc(C(C)C)cs1.I. The van der Waals surface area contributed by atoms with E-state index >= 15 is 0 Å². The van der Waals surface area contributed by atoms with E-state index in [2.05, 4.69) is 76.4 Å². The number of rotatable bonds is 7. The Labute approximate surface area is 198 Å². The van der Waals surface area contributed by atoms with Gasteiger partial charge >= 0.3 is 0 Å². The van der Waals surface area contributed by atoms with E-state index in [1.165, 1.54) is 11.1 Å². The molecule has 2 heterocycles. The Morgan fingerprint density at radius 1 is 1.07 bits per heavy atom. The standard InChI is InChI=1S/C21H27N5S2.HI/c1-14(2)18-13-27-19(26-18)11-24-21(22-4)23-10-9-17-12-28-20(25-17)16-7-5-15(3)6-8-16;/h5-8,12-14H,9-11H2,1-4H3,(H2,22,23,24);1H. The molecule has 0 bridgehead atoms. The van der Waals surface area contributed by atoms with Gasteiger partial charge in [-0.2, -0.15) is 0 Å². The lowest BCUT2D eigenvalue weighted by Crippen LogP contribution is -2.37. The molecule has 156 valence electrons. The second kappa shape index (κ2) is 11.6. The first-order valence-electron chi connectivity index (χ1n) is 9.45. The Morgan fingerprint density at radius 2 is 1.83 bits per heavy atom. The van der Waals surface area contributed by atoms with Gasteiger partial charge in [0.05, 0.1) is 17.9 Å². The fourth-order valence-electron chi connectivity index (χ4n) is 2.61. The van der Waals surface area contributed by atoms with Crippen LogP contribution in [0.5, 0.6) is 0 Å². The predicted molar refractivity (Wildman–Crippen MR) is 136 cm³/mol. The number of aliphatic imine (C=N–C) groups is 1. The molecular formula is C21H28IN5S2. The summed E-state index contributed by atoms with van der Waals surface area (Å²) in [5.74, 6) is 1.25. The summed E-state index contributed by atoms with van der Waals surface area (Å²) in [5.41, 5.74) is 4.70. The number of hydrogen-bond donors (Lipinski definition) is 2. The van der Waals surface area contributed by atoms with Crippen LogP contribution in [-0.4, -0.2) is 29.5 Å². The summed E-state index contributed by atoms with van der Waals surface area (Å²) in [7, 11) is 1.79. The first kappa shape index (κ1) is 23.8. The Bertz CT molecular complexity index is 915. The van der Waals surface area contributed by atoms with Crippen LogP contribution in [0.2, 0.25) is 0 Å². The molecule has 0 fully saturated rings. The third-order valence-corrected chi connectivity index (χ3v) is 6.12. The number of aromatic nitrogens is 2. The van der Waals surface area contributed by atoms with E-state index in [-0.39, 0.29) is 24.0 Å². The van der Waals surface area contributed by atoms with Crippen LogP contribution in [-0.2, 0) is 13.0 Å². The van der Waals surface area contributed by atoms with Crippen molar-refractivity contribution >= 4 is 52.6 Å². The van der Waals surface area contributed by atoms with Crippen molar-refractivity contribution in [3.8, 4) is 10.6 Å². The average molecular weight is 542 g/mol. The van der Waals surface area contributed by atoms with Crippen molar-refractivity contribution in [3.05, 3.63) is 57.0 Å². The Morgan fingerprint density at radius 3 is 2.48 bits per heavy atom. The van der Waals surface area contributed by atoms with E-state index in [4.69, 9.17) is 4.98 Å². The van der Waals surface area contributed by atoms with Crippen LogP contribution >= 0.6 is 46.7 Å². The number of guanidine groups is 1. The maximum absolute atomic E-state index is 4.76. The highest BCUT2D eigenvalue weighted by atomic mass is 127. The number of thiazole rings is 2. The van der Waals surface area contributed by atoms with Crippen LogP contribution in [0.15, 0.2) is 40.0 Å². The summed E-state index contributed by atoms with van der Waals surface area (Å²) >= 11 is 3.38. The number of halogens is 1. The minimum absolute atomic E-state index is 0. The number of benzene rings is 1. The highest BCUT2D eigenvalue weighted by Crippen LogP contribution is 2.24. The van der Waals surface area contributed by atoms with Gasteiger partial charge in [-0.25, -0.2) is 9.97 Å². The summed E-state index contributed by atoms with van der Waals surface area (Å²) in [6.07, 6.45) is 0.859. The van der Waals surface area contributed by atoms with Crippen LogP contribution in [0.3, 0.4) is 0 Å². The van der Waals surface area contributed by atoms with Gasteiger partial charge in [0.25, 0.3) is 0 Å². The lowest BCUT2D eigenvalue weighted by Gasteiger charge is -2.10. The molecule has 0 spiro atoms. The van der Waals surface area contributed by atoms with Crippen molar-refractivity contribution in [2.75, 3.05) is 13.6 Å². The molecule has 0 amide bonds. The van der Waals surface area contributed by atoms with Crippen LogP contribution < -0.4 is 10.6 Å². The molecule has 2 aromatic heterocycles. The minimum Gasteiger partial charge on any atom is -0.356 e. The second-order valence-electron chi connectivity index (χ2n) is 6.93. The molecule has 5 nitrogen and oxygen atoms in total. The smallest absolute Gasteiger partial charge is 0.191 e. The topological polar surface area (TPSA) is 62.2 Å². The summed E-state index contributed by atoms with van der Waals surface area (Å²) in [6, 6.07) is 8.51. The summed E-state index contributed by atoms with van der Waals surface area (Å²) in [5, 5.41) is 13.1. The zero-order valence-electron chi connectivity index (χ0n) is 17.2. The highest BCUT2D eigenvalue weighted by molar-refractivity contribution is 14.0. The van der Waals surface area contributed by atoms with E-state index in [9.17, 15) is 0 Å². The van der Waals surface area contributed by atoms with Crippen molar-refractivity contribution in [2.45, 2.75) is 39.7 Å². The predicted octanol–water partition coefficient (Wildman–Crippen LogP) is 5.22. The second-order valence-corrected chi connectivity index (χ2v) is 8.73. The molecule has 29 heavy (non-hydrogen) atoms. The zero-order chi connectivity index (χ0) is 19.9. The van der Waals surface area contributed by atoms with Crippen molar-refractivity contribution in [3.63, 3.8) is 0 Å². The third kappa shape index (κ3) is 7.04. The first-order valence-corrected chi connectivity index (χ1v) is 11.2. The van der Waals surface area contributed by atoms with E-state index < -0.39 is 0 Å². The van der Waals surface area contributed by atoms with Crippen LogP contribution in [0.25, 0.3) is 10.6 Å². The van der Waals surface area contributed by atoms with Gasteiger partial charge in [0.15, 0.2) is 5.96 Å². The molecule has 0 aliphatic carbocycles. The molecule has 3 rings (SSSR count). The molecule has 2 N–H and O–H groups in total. The van der Waals surface area contributed by atoms with Gasteiger partial charge in [0.1, 0.15) is 10.0 Å². The third-order valence-electron chi connectivity index (χ3n) is 4.32. The quantitative estimate of drug-likeness (QED) is 0.245. The molecule has 0 aliphatic rings. The fourth-order valence-corrected chi connectivity index (χ4v) is 4.37. The monoisotopic (exact) mass is 541 g/mol. The first-order chi connectivity index (χ1) is 13.5. The van der Waals surface area contributed by atoms with Gasteiger partial charge in [0.2, 0.25) is 0 Å². The van der Waals surface area contributed by atoms with Crippen molar-refractivity contribution in [1.29, 1.82) is 0 Å². The summed E-state index contributed by atoms with van der Waals surface area (Å²) < 4.78 is 0. The molecule has 8 heteroatoms. The molecule has 3 aromatic rings. The van der Waals surface area contributed by atoms with Crippen LogP contribution in [0.1, 0.15) is 41.7 Å². The largest absolute Gasteiger partial charge is 0.356 e. The molecular weight excluding hydrogens is 513 g/mol. The highest BCUT2D eigenvalue weighted by Gasteiger charge is 2.07. The van der Waals surface area contributed by atoms with Crippen molar-refractivity contribution < 1.29 is 0 Å². The Kier molecular flexibility index (Phi) is 9.51. The molecule has 0 radical (unpaired) electrons. The fraction of sp³-hybridized carbons (Fsp3) is 0.381. The van der Waals surface area contributed by atoms with Crippen LogP contribution in [0.4, 0.5) is 0 Å². The molecule has 0 saturated carbocycles. The van der Waals surface area contributed by atoms with Gasteiger partial charge in [-0.05, 0) is 12.8 Å². The lowest BCUT2D eigenvalue weighted by molar-refractivity contribution is 0.774. The normalized spacial score (nSPS) is 11.4. The maximum Gasteiger partial charge on any atom is 0.191 e. The summed E-state index contributed by atoms with van der Waals surface area (Å²) in [4.78, 5) is 13.7. The average Bonchev–Trinajstić information content (AvgIpc) is 3.35. The van der Waals surface area contributed by atoms with Crippen LogP contribution in [0, 0.1) is 6.92 Å². The van der Waals surface area contributed by atoms with Crippen molar-refractivity contribution in [1.82, 2.24) is 20.6 Å². The van der Waals surface area contributed by atoms with Gasteiger partial charge in [-0.15, -0.1) is 46.7 Å². The number of hydrogen-bond acceptors (Lipinski definition) is 5. The van der Waals surface area contributed by atoms with E-state index in [1.807, 2.05) is 0 Å². The number of nitrogens with one attached hydrogen (secondary N) is 2. The molecule has 1 aromatic carbocycles. The number of nitrogens with zero attached hydrogens (tertiary/aromatic N) is 3. The lowest BCUT2D eigenvalue weighted by atomic mass is 10.2. The number of aryl methyl sites for hydroxylation is 1. The van der Waals surface area contributed by atoms with E-state index in [1.54, 1.807) is 29.7 Å². The zero-order valence-corrected chi connectivity index (χ0v) is 21.2. The Hall–Kier alpha value is -1.52. The molecule has 0 unspecified atom stereocenters. The Balaban J connectivity index is 0.00000300. The molecule has 0 saturated heterocycles. The van der Waals surface area contributed by atoms with Gasteiger partial charge < -0.3 is 10.6 Å². The molecule has 0 atom stereocenters.